The van der Waals surface area contributed by atoms with Crippen LogP contribution in [-0.4, -0.2) is 66.7 Å². The third-order valence-electron chi connectivity index (χ3n) is 7.38. The Hall–Kier alpha value is -2.84. The number of benzene rings is 1. The van der Waals surface area contributed by atoms with Gasteiger partial charge in [-0.3, -0.25) is 4.79 Å². The van der Waals surface area contributed by atoms with E-state index in [4.69, 9.17) is 6.42 Å². The number of sulfonamides is 1. The van der Waals surface area contributed by atoms with Crippen LogP contribution in [0, 0.1) is 18.3 Å². The summed E-state index contributed by atoms with van der Waals surface area (Å²) in [7, 11) is -1.57. The van der Waals surface area contributed by atoms with Gasteiger partial charge in [0.1, 0.15) is 16.0 Å². The number of rotatable bonds is 7. The van der Waals surface area contributed by atoms with Crippen molar-refractivity contribution in [1.29, 1.82) is 0 Å². The average molecular weight is 538 g/mol. The number of fused-ring (bicyclic) bond motifs is 1. The molecule has 1 saturated carbocycles. The van der Waals surface area contributed by atoms with Crippen LogP contribution in [0.4, 0.5) is 5.13 Å². The first-order chi connectivity index (χ1) is 17.8. The number of terminal acetylenes is 1. The first kappa shape index (κ1) is 25.8. The molecular weight excluding hydrogens is 506 g/mol. The molecule has 1 aliphatic carbocycles. The van der Waals surface area contributed by atoms with E-state index in [2.05, 4.69) is 26.1 Å². The molecule has 1 N–H and O–H groups in total. The molecule has 0 radical (unpaired) electrons. The second kappa shape index (κ2) is 10.9. The van der Waals surface area contributed by atoms with Gasteiger partial charge in [-0.1, -0.05) is 55.1 Å². The average Bonchev–Trinajstić information content (AvgIpc) is 3.56. The lowest BCUT2D eigenvalue weighted by molar-refractivity contribution is -0.118. The number of aromatic nitrogens is 2. The van der Waals surface area contributed by atoms with E-state index in [0.717, 1.165) is 24.8 Å². The maximum atomic E-state index is 13.5. The number of hydrogen-bond donors (Lipinski definition) is 1. The normalized spacial score (nSPS) is 18.6. The lowest BCUT2D eigenvalue weighted by atomic mass is 9.87. The number of thiazole rings is 1. The molecule has 0 spiro atoms. The van der Waals surface area contributed by atoms with Crippen molar-refractivity contribution in [3.63, 3.8) is 0 Å². The molecule has 0 bridgehead atoms. The van der Waals surface area contributed by atoms with E-state index in [1.807, 2.05) is 7.05 Å². The zero-order chi connectivity index (χ0) is 26.0. The van der Waals surface area contributed by atoms with Crippen LogP contribution < -0.4 is 5.32 Å². The summed E-state index contributed by atoms with van der Waals surface area (Å²) < 4.78 is 27.9. The van der Waals surface area contributed by atoms with Gasteiger partial charge in [0.05, 0.1) is 10.8 Å². The molecule has 2 aliphatic rings. The highest BCUT2D eigenvalue weighted by molar-refractivity contribution is 7.89. The maximum absolute atomic E-state index is 13.5. The molecule has 2 fully saturated rings. The lowest BCUT2D eigenvalue weighted by Gasteiger charge is -2.31. The van der Waals surface area contributed by atoms with Crippen molar-refractivity contribution in [1.82, 2.24) is 19.2 Å². The largest absolute Gasteiger partial charge is 0.304 e. The van der Waals surface area contributed by atoms with Crippen LogP contribution in [0.2, 0.25) is 0 Å². The summed E-state index contributed by atoms with van der Waals surface area (Å²) in [6.07, 6.45) is 10.8. The van der Waals surface area contributed by atoms with E-state index in [-0.39, 0.29) is 10.8 Å². The summed E-state index contributed by atoms with van der Waals surface area (Å²) in [5.41, 5.74) is 2.03. The number of nitrogens with zero attached hydrogens (tertiary/aromatic N) is 4. The fourth-order valence-corrected chi connectivity index (χ4v) is 7.43. The molecule has 3 aromatic rings. The molecule has 1 amide bonds. The Morgan fingerprint density at radius 3 is 2.49 bits per heavy atom. The summed E-state index contributed by atoms with van der Waals surface area (Å²) in [6.45, 7) is 2.39. The molecule has 1 aliphatic heterocycles. The third-order valence-corrected chi connectivity index (χ3v) is 10.2. The highest BCUT2D eigenvalue weighted by atomic mass is 32.2. The van der Waals surface area contributed by atoms with Gasteiger partial charge in [-0.25, -0.2) is 18.4 Å². The van der Waals surface area contributed by atoms with Crippen LogP contribution in [0.3, 0.4) is 0 Å². The molecule has 1 unspecified atom stereocenters. The number of anilines is 1. The number of hydrogen-bond acceptors (Lipinski definition) is 7. The number of nitrogens with one attached hydrogen (secondary N) is 1. The van der Waals surface area contributed by atoms with Gasteiger partial charge in [-0.05, 0) is 49.2 Å². The predicted molar refractivity (Wildman–Crippen MR) is 146 cm³/mol. The van der Waals surface area contributed by atoms with Crippen molar-refractivity contribution in [2.24, 2.45) is 5.92 Å². The topological polar surface area (TPSA) is 95.5 Å². The van der Waals surface area contributed by atoms with Crippen molar-refractivity contribution in [2.45, 2.75) is 42.9 Å². The van der Waals surface area contributed by atoms with Gasteiger partial charge < -0.3 is 10.2 Å². The van der Waals surface area contributed by atoms with Crippen molar-refractivity contribution < 1.29 is 13.2 Å². The van der Waals surface area contributed by atoms with Gasteiger partial charge >= 0.3 is 0 Å². The van der Waals surface area contributed by atoms with Gasteiger partial charge in [0, 0.05) is 26.2 Å². The monoisotopic (exact) mass is 537 g/mol. The molecule has 1 saturated heterocycles. The van der Waals surface area contributed by atoms with E-state index < -0.39 is 15.9 Å². The van der Waals surface area contributed by atoms with E-state index in [9.17, 15) is 13.2 Å². The predicted octanol–water partition coefficient (Wildman–Crippen LogP) is 3.91. The van der Waals surface area contributed by atoms with Crippen LogP contribution in [0.25, 0.3) is 10.3 Å². The molecular formula is C27H31N5O3S2. The van der Waals surface area contributed by atoms with Gasteiger partial charge in [-0.15, -0.1) is 6.42 Å². The number of likely N-dealkylation sites (N-methyl/N-ethyl adjacent to an activating group) is 1. The molecule has 1 aromatic carbocycles. The third kappa shape index (κ3) is 5.70. The Morgan fingerprint density at radius 2 is 1.81 bits per heavy atom. The number of piperazine rings is 1. The zero-order valence-electron chi connectivity index (χ0n) is 20.9. The molecule has 10 heteroatoms. The maximum Gasteiger partial charge on any atom is 0.243 e. The van der Waals surface area contributed by atoms with Gasteiger partial charge in [0.2, 0.25) is 15.9 Å². The van der Waals surface area contributed by atoms with Crippen LogP contribution >= 0.6 is 11.3 Å². The molecule has 1 atom stereocenters. The minimum absolute atomic E-state index is 0.141. The smallest absolute Gasteiger partial charge is 0.243 e. The fraction of sp³-hybridized carbons (Fsp3) is 0.444. The van der Waals surface area contributed by atoms with Gasteiger partial charge in [0.15, 0.2) is 5.13 Å². The Kier molecular flexibility index (Phi) is 7.58. The lowest BCUT2D eigenvalue weighted by Crippen LogP contribution is -2.47. The molecule has 8 nitrogen and oxygen atoms in total. The Balaban J connectivity index is 1.37. The van der Waals surface area contributed by atoms with Crippen molar-refractivity contribution in [3.8, 4) is 12.3 Å². The zero-order valence-corrected chi connectivity index (χ0v) is 22.5. The number of carbonyl (C=O) groups is 1. The Morgan fingerprint density at radius 1 is 1.11 bits per heavy atom. The Labute approximate surface area is 222 Å². The van der Waals surface area contributed by atoms with Crippen LogP contribution in [0.5, 0.6) is 0 Å². The fourth-order valence-electron chi connectivity index (χ4n) is 5.17. The minimum Gasteiger partial charge on any atom is -0.304 e. The number of carbonyl (C=O) groups excluding carboxylic acids is 1. The summed E-state index contributed by atoms with van der Waals surface area (Å²) in [5, 5.41) is 3.47. The van der Waals surface area contributed by atoms with Gasteiger partial charge in [0.25, 0.3) is 0 Å². The minimum atomic E-state index is -3.56. The summed E-state index contributed by atoms with van der Waals surface area (Å²) in [4.78, 5) is 25.5. The van der Waals surface area contributed by atoms with Crippen LogP contribution in [0.1, 0.15) is 49.3 Å². The van der Waals surface area contributed by atoms with Crippen molar-refractivity contribution >= 4 is 42.7 Å². The van der Waals surface area contributed by atoms with Crippen molar-refractivity contribution in [3.05, 3.63) is 47.7 Å². The van der Waals surface area contributed by atoms with Gasteiger partial charge in [-0.2, -0.15) is 4.31 Å². The second-order valence-electron chi connectivity index (χ2n) is 9.89. The standard InChI is InChI=1S/C27H31N5O3S2/c1-3-21-10-13-24-26(28-21)36-27(29-24)30-25(33)23(18-19-6-4-5-7-19)20-8-11-22(12-9-20)37(34,35)32-16-14-31(2)15-17-32/h1,8-13,19,23H,4-7,14-18H2,2H3,(H,29,30,33). The SMILES string of the molecule is C#Cc1ccc2nc(NC(=O)C(CC3CCCC3)c3ccc(S(=O)(=O)N4CCN(C)CC4)cc3)sc2n1. The molecule has 37 heavy (non-hydrogen) atoms. The summed E-state index contributed by atoms with van der Waals surface area (Å²) >= 11 is 1.29. The van der Waals surface area contributed by atoms with E-state index >= 15 is 0 Å². The molecule has 194 valence electrons. The van der Waals surface area contributed by atoms with E-state index in [1.54, 1.807) is 36.4 Å². The van der Waals surface area contributed by atoms with Crippen LogP contribution in [0.15, 0.2) is 41.3 Å². The molecule has 2 aromatic heterocycles. The van der Waals surface area contributed by atoms with Crippen LogP contribution in [-0.2, 0) is 14.8 Å². The number of pyridine rings is 1. The first-order valence-electron chi connectivity index (χ1n) is 12.7. The molecule has 3 heterocycles. The quantitative estimate of drug-likeness (QED) is 0.459. The van der Waals surface area contributed by atoms with E-state index in [0.29, 0.717) is 53.3 Å². The first-order valence-corrected chi connectivity index (χ1v) is 14.9. The summed E-state index contributed by atoms with van der Waals surface area (Å²) in [5.74, 6) is 2.45. The van der Waals surface area contributed by atoms with Crippen molar-refractivity contribution in [2.75, 3.05) is 38.5 Å². The number of amides is 1. The second-order valence-corrected chi connectivity index (χ2v) is 12.8. The van der Waals surface area contributed by atoms with E-state index in [1.165, 1.54) is 28.5 Å². The molecule has 5 rings (SSSR count). The Bertz CT molecular complexity index is 1410. The summed E-state index contributed by atoms with van der Waals surface area (Å²) in [6, 6.07) is 10.4. The highest BCUT2D eigenvalue weighted by Gasteiger charge is 2.30. The highest BCUT2D eigenvalue weighted by Crippen LogP contribution is 2.36.